The molecule has 312 valence electrons. The molecule has 1 aromatic heterocycles. The predicted octanol–water partition coefficient (Wildman–Crippen LogP) is 11.1. The molecule has 0 radical (unpaired) electrons. The molecule has 7 rings (SSSR count). The Kier molecular flexibility index (Phi) is 13.5. The SMILES string of the molecule is CCC(C)C(Nc1ccc(NC(=O)c2ccc(OCCCOc3ccc(C(=O)Nc4ccc5nc(-c6ccc(OC)cc6)[nH]c5c4)cc3)cc2)cc1C)c1ccc(OC)cc1. The molecule has 0 saturated carbocycles. The number of nitrogens with zero attached hydrogens (tertiary/aromatic N) is 1. The number of fused-ring (bicyclic) bond motifs is 1. The quantitative estimate of drug-likeness (QED) is 0.0629. The smallest absolute Gasteiger partial charge is 0.255 e. The molecule has 0 aliphatic rings. The van der Waals surface area contributed by atoms with Crippen LogP contribution in [0.15, 0.2) is 133 Å². The number of hydrogen-bond donors (Lipinski definition) is 4. The van der Waals surface area contributed by atoms with Crippen LogP contribution >= 0.6 is 0 Å². The van der Waals surface area contributed by atoms with Crippen LogP contribution in [-0.2, 0) is 0 Å². The molecular formula is C50H51N5O6. The monoisotopic (exact) mass is 817 g/mol. The van der Waals surface area contributed by atoms with Crippen LogP contribution in [0.4, 0.5) is 17.1 Å². The number of carbonyl (C=O) groups is 2. The van der Waals surface area contributed by atoms with Crippen molar-refractivity contribution < 1.29 is 28.5 Å². The second-order valence-corrected chi connectivity index (χ2v) is 14.9. The number of amides is 2. The van der Waals surface area contributed by atoms with Gasteiger partial charge in [0.2, 0.25) is 0 Å². The summed E-state index contributed by atoms with van der Waals surface area (Å²) in [5, 5.41) is 9.71. The summed E-state index contributed by atoms with van der Waals surface area (Å²) in [5.41, 5.74) is 8.22. The number of anilines is 3. The number of nitrogens with one attached hydrogen (secondary N) is 4. The topological polar surface area (TPSA) is 136 Å². The highest BCUT2D eigenvalue weighted by Gasteiger charge is 2.19. The molecule has 0 saturated heterocycles. The van der Waals surface area contributed by atoms with Crippen molar-refractivity contribution in [2.24, 2.45) is 5.92 Å². The number of aromatic amines is 1. The molecule has 2 unspecified atom stereocenters. The minimum Gasteiger partial charge on any atom is -0.497 e. The Bertz CT molecular complexity index is 2550. The number of benzene rings is 6. The van der Waals surface area contributed by atoms with Crippen LogP contribution in [0.25, 0.3) is 22.4 Å². The maximum atomic E-state index is 13.1. The van der Waals surface area contributed by atoms with Crippen molar-refractivity contribution in [1.29, 1.82) is 0 Å². The molecule has 11 nitrogen and oxygen atoms in total. The molecule has 7 aromatic rings. The molecule has 1 heterocycles. The van der Waals surface area contributed by atoms with Gasteiger partial charge in [-0.3, -0.25) is 9.59 Å². The summed E-state index contributed by atoms with van der Waals surface area (Å²) < 4.78 is 22.4. The number of hydrogen-bond acceptors (Lipinski definition) is 8. The highest BCUT2D eigenvalue weighted by molar-refractivity contribution is 6.05. The van der Waals surface area contributed by atoms with E-state index in [0.717, 1.165) is 57.3 Å². The van der Waals surface area contributed by atoms with Crippen molar-refractivity contribution in [1.82, 2.24) is 9.97 Å². The number of carbonyl (C=O) groups excluding carboxylic acids is 2. The van der Waals surface area contributed by atoms with Crippen LogP contribution in [0.5, 0.6) is 23.0 Å². The zero-order chi connectivity index (χ0) is 42.7. The van der Waals surface area contributed by atoms with Gasteiger partial charge < -0.3 is 39.9 Å². The average molecular weight is 818 g/mol. The van der Waals surface area contributed by atoms with E-state index in [1.165, 1.54) is 5.56 Å². The summed E-state index contributed by atoms with van der Waals surface area (Å²) in [4.78, 5) is 34.1. The molecular weight excluding hydrogens is 767 g/mol. The van der Waals surface area contributed by atoms with Crippen molar-refractivity contribution in [3.63, 3.8) is 0 Å². The Morgan fingerprint density at radius 2 is 1.18 bits per heavy atom. The third-order valence-corrected chi connectivity index (χ3v) is 10.6. The average Bonchev–Trinajstić information content (AvgIpc) is 3.72. The van der Waals surface area contributed by atoms with Crippen molar-refractivity contribution in [2.75, 3.05) is 43.4 Å². The van der Waals surface area contributed by atoms with E-state index in [-0.39, 0.29) is 17.9 Å². The number of methoxy groups -OCH3 is 2. The lowest BCUT2D eigenvalue weighted by Crippen LogP contribution is -2.19. The van der Waals surface area contributed by atoms with Gasteiger partial charge in [-0.05, 0) is 145 Å². The standard InChI is InChI=1S/C50H51N5O6/c1-6-32(2)47(34-8-18-40(58-4)19-9-34)53-44-26-16-38(30-33(44)3)51-49(56)36-12-22-42(23-13-36)60-28-7-29-61-43-24-14-37(15-25-43)50(57)52-39-17-27-45-46(31-39)55-48(54-45)35-10-20-41(59-5)21-11-35/h8-27,30-32,47,53H,6-7,28-29H2,1-5H3,(H,51,56)(H,52,57)(H,54,55). The van der Waals surface area contributed by atoms with Gasteiger partial charge in [0.1, 0.15) is 28.8 Å². The van der Waals surface area contributed by atoms with Crippen LogP contribution in [0, 0.1) is 12.8 Å². The van der Waals surface area contributed by atoms with E-state index in [4.69, 9.17) is 18.9 Å². The molecule has 0 aliphatic carbocycles. The fourth-order valence-corrected chi connectivity index (χ4v) is 6.90. The molecule has 2 atom stereocenters. The number of imidazole rings is 1. The molecule has 2 amide bonds. The first-order valence-corrected chi connectivity index (χ1v) is 20.4. The van der Waals surface area contributed by atoms with Crippen LogP contribution in [0.3, 0.4) is 0 Å². The molecule has 0 spiro atoms. The number of aryl methyl sites for hydroxylation is 1. The third kappa shape index (κ3) is 10.7. The first kappa shape index (κ1) is 41.9. The molecule has 0 fully saturated rings. The van der Waals surface area contributed by atoms with Crippen molar-refractivity contribution in [3.8, 4) is 34.4 Å². The van der Waals surface area contributed by atoms with E-state index in [1.807, 2.05) is 79.7 Å². The van der Waals surface area contributed by atoms with Gasteiger partial charge in [-0.1, -0.05) is 32.4 Å². The van der Waals surface area contributed by atoms with E-state index in [0.29, 0.717) is 53.9 Å². The maximum absolute atomic E-state index is 13.1. The Balaban J connectivity index is 0.832. The summed E-state index contributed by atoms with van der Waals surface area (Å²) in [7, 11) is 3.31. The molecule has 61 heavy (non-hydrogen) atoms. The van der Waals surface area contributed by atoms with Crippen molar-refractivity contribution in [3.05, 3.63) is 156 Å². The number of aromatic nitrogens is 2. The van der Waals surface area contributed by atoms with E-state index >= 15 is 0 Å². The minimum atomic E-state index is -0.230. The van der Waals surface area contributed by atoms with Crippen LogP contribution in [0.1, 0.15) is 64.6 Å². The highest BCUT2D eigenvalue weighted by Crippen LogP contribution is 2.32. The van der Waals surface area contributed by atoms with Gasteiger partial charge in [0.05, 0.1) is 44.5 Å². The largest absolute Gasteiger partial charge is 0.497 e. The van der Waals surface area contributed by atoms with Crippen molar-refractivity contribution in [2.45, 2.75) is 39.7 Å². The number of H-pyrrole nitrogens is 1. The summed E-state index contributed by atoms with van der Waals surface area (Å²) in [6.45, 7) is 7.35. The van der Waals surface area contributed by atoms with Gasteiger partial charge >= 0.3 is 0 Å². The van der Waals surface area contributed by atoms with Gasteiger partial charge in [-0.25, -0.2) is 4.98 Å². The highest BCUT2D eigenvalue weighted by atomic mass is 16.5. The van der Waals surface area contributed by atoms with Gasteiger partial charge in [0, 0.05) is 40.2 Å². The molecule has 0 bridgehead atoms. The first-order valence-electron chi connectivity index (χ1n) is 20.4. The second-order valence-electron chi connectivity index (χ2n) is 14.9. The maximum Gasteiger partial charge on any atom is 0.255 e. The summed E-state index contributed by atoms with van der Waals surface area (Å²) in [6, 6.07) is 41.6. The summed E-state index contributed by atoms with van der Waals surface area (Å²) >= 11 is 0. The zero-order valence-electron chi connectivity index (χ0n) is 35.1. The molecule has 0 aliphatic heterocycles. The third-order valence-electron chi connectivity index (χ3n) is 10.6. The van der Waals surface area contributed by atoms with E-state index in [9.17, 15) is 9.59 Å². The Labute approximate surface area is 356 Å². The normalized spacial score (nSPS) is 12.0. The second kappa shape index (κ2) is 19.7. The predicted molar refractivity (Wildman–Crippen MR) is 242 cm³/mol. The molecule has 4 N–H and O–H groups in total. The van der Waals surface area contributed by atoms with Gasteiger partial charge in [-0.2, -0.15) is 0 Å². The molecule has 6 aromatic carbocycles. The van der Waals surface area contributed by atoms with Crippen LogP contribution in [-0.4, -0.2) is 49.2 Å². The Morgan fingerprint density at radius 3 is 1.72 bits per heavy atom. The Morgan fingerprint density at radius 1 is 0.656 bits per heavy atom. The number of rotatable bonds is 18. The zero-order valence-corrected chi connectivity index (χ0v) is 35.1. The Hall–Kier alpha value is -7.27. The lowest BCUT2D eigenvalue weighted by molar-refractivity contribution is 0.101. The number of ether oxygens (including phenoxy) is 4. The lowest BCUT2D eigenvalue weighted by atomic mass is 9.92. The summed E-state index contributed by atoms with van der Waals surface area (Å²) in [5.74, 6) is 3.63. The van der Waals surface area contributed by atoms with Gasteiger partial charge in [0.25, 0.3) is 11.8 Å². The van der Waals surface area contributed by atoms with Gasteiger partial charge in [0.15, 0.2) is 0 Å². The first-order chi connectivity index (χ1) is 29.7. The fraction of sp³-hybridized carbons (Fsp3) is 0.220. The van der Waals surface area contributed by atoms with Crippen LogP contribution in [0.2, 0.25) is 0 Å². The summed E-state index contributed by atoms with van der Waals surface area (Å²) in [6.07, 6.45) is 1.67. The lowest BCUT2D eigenvalue weighted by Gasteiger charge is -2.27. The van der Waals surface area contributed by atoms with Gasteiger partial charge in [-0.15, -0.1) is 0 Å². The minimum absolute atomic E-state index is 0.127. The van der Waals surface area contributed by atoms with E-state index in [1.54, 1.807) is 62.8 Å². The van der Waals surface area contributed by atoms with Crippen LogP contribution < -0.4 is 34.9 Å². The van der Waals surface area contributed by atoms with E-state index in [2.05, 4.69) is 51.9 Å². The molecule has 11 heteroatoms. The fourth-order valence-electron chi connectivity index (χ4n) is 6.90. The van der Waals surface area contributed by atoms with E-state index < -0.39 is 0 Å². The van der Waals surface area contributed by atoms with Crippen molar-refractivity contribution >= 4 is 39.9 Å².